The number of aromatic nitrogens is 3. The predicted octanol–water partition coefficient (Wildman–Crippen LogP) is 7.50. The molecule has 0 saturated carbocycles. The van der Waals surface area contributed by atoms with Gasteiger partial charge >= 0.3 is 6.03 Å². The molecule has 3 N–H and O–H groups in total. The van der Waals surface area contributed by atoms with E-state index in [-0.39, 0.29) is 30.0 Å². The van der Waals surface area contributed by atoms with Crippen LogP contribution in [-0.2, 0) is 17.8 Å². The van der Waals surface area contributed by atoms with E-state index in [9.17, 15) is 14.4 Å². The largest absolute Gasteiger partial charge is 0.493 e. The average Bonchev–Trinajstić information content (AvgIpc) is 3.08. The lowest BCUT2D eigenvalue weighted by Gasteiger charge is -2.22. The van der Waals surface area contributed by atoms with Crippen LogP contribution >= 0.6 is 0 Å². The van der Waals surface area contributed by atoms with Crippen LogP contribution in [0.15, 0.2) is 90.1 Å². The Bertz CT molecular complexity index is 1960. The number of nitrogens with zero attached hydrogens (tertiary/aromatic N) is 3. The highest BCUT2D eigenvalue weighted by atomic mass is 16.5. The minimum atomic E-state index is -0.522. The van der Waals surface area contributed by atoms with Crippen molar-refractivity contribution in [2.45, 2.75) is 65.8 Å². The van der Waals surface area contributed by atoms with Crippen molar-refractivity contribution in [2.24, 2.45) is 0 Å². The molecule has 0 fully saturated rings. The second-order valence-electron chi connectivity index (χ2n) is 12.6. The predicted molar refractivity (Wildman–Crippen MR) is 195 cm³/mol. The van der Waals surface area contributed by atoms with E-state index in [0.717, 1.165) is 22.4 Å². The summed E-state index contributed by atoms with van der Waals surface area (Å²) in [5.74, 6) is 0.817. The first-order valence-corrected chi connectivity index (χ1v) is 16.7. The Balaban J connectivity index is 1.57. The molecule has 254 valence electrons. The zero-order chi connectivity index (χ0) is 34.9. The summed E-state index contributed by atoms with van der Waals surface area (Å²) in [5, 5.41) is 9.52. The van der Waals surface area contributed by atoms with Gasteiger partial charge in [-0.25, -0.2) is 9.78 Å². The number of carbonyl (C=O) groups excluding carboxylic acids is 2. The summed E-state index contributed by atoms with van der Waals surface area (Å²) in [6, 6.07) is 20.6. The van der Waals surface area contributed by atoms with Crippen molar-refractivity contribution in [1.82, 2.24) is 19.9 Å². The molecule has 0 spiro atoms. The van der Waals surface area contributed by atoms with E-state index in [1.165, 1.54) is 6.92 Å². The number of benzene rings is 2. The molecule has 0 bridgehead atoms. The van der Waals surface area contributed by atoms with Crippen LogP contribution in [0.25, 0.3) is 22.2 Å². The smallest absolute Gasteiger partial charge is 0.323 e. The van der Waals surface area contributed by atoms with Crippen LogP contribution < -0.4 is 26.2 Å². The van der Waals surface area contributed by atoms with Gasteiger partial charge in [-0.1, -0.05) is 58.0 Å². The number of aryl methyl sites for hydroxylation is 1. The summed E-state index contributed by atoms with van der Waals surface area (Å²) in [4.78, 5) is 48.5. The molecule has 5 rings (SSSR count). The maximum absolute atomic E-state index is 14.4. The summed E-state index contributed by atoms with van der Waals surface area (Å²) in [7, 11) is 0. The number of fused-ring (bicyclic) bond motifs is 1. The number of amides is 3. The summed E-state index contributed by atoms with van der Waals surface area (Å²) in [6.07, 6.45) is 6.36. The molecule has 49 heavy (non-hydrogen) atoms. The minimum absolute atomic E-state index is 0.125. The number of rotatable bonds is 13. The first kappa shape index (κ1) is 34.8. The van der Waals surface area contributed by atoms with Crippen molar-refractivity contribution < 1.29 is 14.3 Å². The fourth-order valence-corrected chi connectivity index (χ4v) is 5.94. The highest BCUT2D eigenvalue weighted by molar-refractivity contribution is 6.07. The van der Waals surface area contributed by atoms with Crippen LogP contribution in [0.4, 0.5) is 16.2 Å². The maximum atomic E-state index is 14.4. The molecular weight excluding hydrogens is 616 g/mol. The van der Waals surface area contributed by atoms with Crippen molar-refractivity contribution in [3.63, 3.8) is 0 Å². The fraction of sp³-hybridized carbons (Fsp3) is 0.308. The van der Waals surface area contributed by atoms with Gasteiger partial charge < -0.3 is 20.7 Å². The molecule has 0 aliphatic rings. The highest BCUT2D eigenvalue weighted by Crippen LogP contribution is 2.36. The van der Waals surface area contributed by atoms with Gasteiger partial charge in [-0.15, -0.1) is 0 Å². The number of nitrogens with one attached hydrogen (secondary N) is 3. The first-order chi connectivity index (χ1) is 23.6. The molecule has 10 nitrogen and oxygen atoms in total. The van der Waals surface area contributed by atoms with Crippen LogP contribution in [0.5, 0.6) is 5.75 Å². The molecule has 3 heterocycles. The number of para-hydroxylation sites is 1. The summed E-state index contributed by atoms with van der Waals surface area (Å²) < 4.78 is 7.70. The van der Waals surface area contributed by atoms with Crippen molar-refractivity contribution in [3.8, 4) is 16.9 Å². The number of ether oxygens (including phenoxy) is 1. The van der Waals surface area contributed by atoms with Gasteiger partial charge in [0.15, 0.2) is 0 Å². The Labute approximate surface area is 287 Å². The van der Waals surface area contributed by atoms with Crippen LogP contribution in [0.2, 0.25) is 0 Å². The normalized spacial score (nSPS) is 11.2. The standard InChI is InChI=1S/C39H44N6O4/c1-25(2)31-12-7-13-32(26(3)4)35(31)43-39(48)44-36-34(29-10-6-11-30(24-29)49-23-17-28-15-20-40-21-16-28)33-14-8-18-42-37(33)45(38(36)47)22-9-19-41-27(5)46/h6-8,10-16,18,20-21,24-26H,9,17,19,22-23H2,1-5H3,(H,41,46)(H2,43,44,48). The van der Waals surface area contributed by atoms with Crippen LogP contribution in [0, 0.1) is 0 Å². The highest BCUT2D eigenvalue weighted by Gasteiger charge is 2.23. The van der Waals surface area contributed by atoms with Gasteiger partial charge in [0.05, 0.1) is 6.61 Å². The van der Waals surface area contributed by atoms with Gasteiger partial charge in [-0.2, -0.15) is 0 Å². The molecule has 5 aromatic rings. The van der Waals surface area contributed by atoms with Crippen LogP contribution in [0.3, 0.4) is 0 Å². The Morgan fingerprint density at radius 3 is 2.24 bits per heavy atom. The lowest BCUT2D eigenvalue weighted by molar-refractivity contribution is -0.118. The molecular formula is C39H44N6O4. The molecule has 3 aromatic heterocycles. The first-order valence-electron chi connectivity index (χ1n) is 16.7. The number of hydrogen-bond donors (Lipinski definition) is 3. The Kier molecular flexibility index (Phi) is 11.4. The molecule has 0 aliphatic heterocycles. The molecule has 3 amide bonds. The minimum Gasteiger partial charge on any atom is -0.493 e. The number of hydrogen-bond acceptors (Lipinski definition) is 6. The van der Waals surface area contributed by atoms with E-state index < -0.39 is 11.6 Å². The molecule has 0 atom stereocenters. The third-order valence-corrected chi connectivity index (χ3v) is 8.33. The topological polar surface area (TPSA) is 127 Å². The molecule has 0 aliphatic carbocycles. The summed E-state index contributed by atoms with van der Waals surface area (Å²) >= 11 is 0. The van der Waals surface area contributed by atoms with Crippen molar-refractivity contribution in [1.29, 1.82) is 0 Å². The van der Waals surface area contributed by atoms with Gasteiger partial charge in [-0.3, -0.25) is 19.1 Å². The number of carbonyl (C=O) groups is 2. The Morgan fingerprint density at radius 2 is 1.55 bits per heavy atom. The van der Waals surface area contributed by atoms with Crippen LogP contribution in [0.1, 0.15) is 69.6 Å². The van der Waals surface area contributed by atoms with E-state index in [1.807, 2.05) is 66.7 Å². The van der Waals surface area contributed by atoms with E-state index >= 15 is 0 Å². The SMILES string of the molecule is CC(=O)NCCCn1c(=O)c(NC(=O)Nc2c(C(C)C)cccc2C(C)C)c(-c2cccc(OCCc3ccncc3)c2)c2cccnc21. The zero-order valence-corrected chi connectivity index (χ0v) is 28.7. The van der Waals surface area contributed by atoms with E-state index in [0.29, 0.717) is 53.9 Å². The van der Waals surface area contributed by atoms with Crippen LogP contribution in [-0.4, -0.2) is 39.6 Å². The maximum Gasteiger partial charge on any atom is 0.323 e. The van der Waals surface area contributed by atoms with E-state index in [1.54, 1.807) is 23.2 Å². The van der Waals surface area contributed by atoms with Gasteiger partial charge in [0.25, 0.3) is 5.56 Å². The van der Waals surface area contributed by atoms with Gasteiger partial charge in [0, 0.05) is 61.7 Å². The zero-order valence-electron chi connectivity index (χ0n) is 28.7. The molecule has 0 unspecified atom stereocenters. The molecule has 0 radical (unpaired) electrons. The monoisotopic (exact) mass is 660 g/mol. The van der Waals surface area contributed by atoms with E-state index in [4.69, 9.17) is 4.74 Å². The number of anilines is 2. The van der Waals surface area contributed by atoms with Crippen molar-refractivity contribution >= 4 is 34.3 Å². The third kappa shape index (κ3) is 8.51. The lowest BCUT2D eigenvalue weighted by Crippen LogP contribution is -2.31. The second kappa shape index (κ2) is 16.1. The molecule has 0 saturated heterocycles. The number of pyridine rings is 3. The van der Waals surface area contributed by atoms with Gasteiger partial charge in [0.1, 0.15) is 17.1 Å². The third-order valence-electron chi connectivity index (χ3n) is 8.33. The lowest BCUT2D eigenvalue weighted by atomic mass is 9.93. The Morgan fingerprint density at radius 1 is 0.857 bits per heavy atom. The second-order valence-corrected chi connectivity index (χ2v) is 12.6. The van der Waals surface area contributed by atoms with Crippen molar-refractivity contribution in [2.75, 3.05) is 23.8 Å². The summed E-state index contributed by atoms with van der Waals surface area (Å²) in [6.45, 7) is 10.9. The van der Waals surface area contributed by atoms with Gasteiger partial charge in [0.2, 0.25) is 5.91 Å². The quantitative estimate of drug-likeness (QED) is 0.112. The molecule has 2 aromatic carbocycles. The summed E-state index contributed by atoms with van der Waals surface area (Å²) in [5.41, 5.74) is 5.32. The Hall–Kier alpha value is -5.51. The van der Waals surface area contributed by atoms with Crippen molar-refractivity contribution in [3.05, 3.63) is 112 Å². The number of urea groups is 1. The van der Waals surface area contributed by atoms with E-state index in [2.05, 4.69) is 53.6 Å². The van der Waals surface area contributed by atoms with Gasteiger partial charge in [-0.05, 0) is 76.9 Å². The fourth-order valence-electron chi connectivity index (χ4n) is 5.94. The average molecular weight is 661 g/mol. The molecule has 10 heteroatoms.